The van der Waals surface area contributed by atoms with E-state index in [9.17, 15) is 27.5 Å². The number of nitrogens with zero attached hydrogens (tertiary/aromatic N) is 2. The summed E-state index contributed by atoms with van der Waals surface area (Å²) in [6, 6.07) is 8.71. The summed E-state index contributed by atoms with van der Waals surface area (Å²) in [5, 5.41) is 17.5. The van der Waals surface area contributed by atoms with Gasteiger partial charge in [-0.15, -0.1) is 24.5 Å². The maximum Gasteiger partial charge on any atom is 0.573 e. The molecule has 4 atom stereocenters. The third kappa shape index (κ3) is 5.86. The maximum absolute atomic E-state index is 14.5. The van der Waals surface area contributed by atoms with Gasteiger partial charge in [-0.2, -0.15) is 0 Å². The van der Waals surface area contributed by atoms with Crippen molar-refractivity contribution < 1.29 is 36.7 Å². The van der Waals surface area contributed by atoms with Crippen molar-refractivity contribution in [2.24, 2.45) is 11.8 Å². The molecule has 2 aromatic heterocycles. The highest BCUT2D eigenvalue weighted by molar-refractivity contribution is 8.01. The van der Waals surface area contributed by atoms with Crippen LogP contribution in [0.3, 0.4) is 0 Å². The SMILES string of the molecule is O=C(O)c1cc(F)c2nc(S[C@H]3[C@@H]4CC[C@H]3C[C@H](NCc3c(-c5ccccc5OC(F)(F)F)noc3C3CC3)C4)sc2c1. The lowest BCUT2D eigenvalue weighted by Gasteiger charge is -2.35. The number of aromatic nitrogens is 2. The topological polar surface area (TPSA) is 97.5 Å². The number of para-hydroxylation sites is 1. The molecule has 0 amide bonds. The molecule has 2 bridgehead atoms. The summed E-state index contributed by atoms with van der Waals surface area (Å²) in [5.41, 5.74) is 1.51. The fraction of sp³-hybridized carbons (Fsp3) is 0.433. The second-order valence-electron chi connectivity index (χ2n) is 11.5. The molecule has 3 saturated carbocycles. The fourth-order valence-corrected chi connectivity index (χ4v) is 9.39. The molecule has 7 nitrogen and oxygen atoms in total. The number of ether oxygens (including phenoxy) is 1. The largest absolute Gasteiger partial charge is 0.573 e. The highest BCUT2D eigenvalue weighted by Gasteiger charge is 2.44. The second kappa shape index (κ2) is 11.1. The van der Waals surface area contributed by atoms with Crippen molar-refractivity contribution >= 4 is 39.3 Å². The highest BCUT2D eigenvalue weighted by atomic mass is 32.2. The van der Waals surface area contributed by atoms with E-state index in [4.69, 9.17) is 4.52 Å². The van der Waals surface area contributed by atoms with Gasteiger partial charge >= 0.3 is 12.3 Å². The standard InChI is InChI=1S/C30H27F4N3O4S2/c31-21-11-17(28(38)39)12-23-25(21)36-29(42-23)43-27-15-7-8-16(27)10-18(9-15)35-13-20-24(37-41-26(20)14-5-6-14)19-3-1-2-4-22(19)40-30(32,33)34/h1-4,11-12,14-16,18,27,35H,5-10,13H2,(H,38,39)/t15-,16+,18-,27+. The number of benzene rings is 2. The molecule has 2 N–H and O–H groups in total. The number of thiazole rings is 1. The number of rotatable bonds is 9. The molecular weight excluding hydrogens is 606 g/mol. The molecule has 43 heavy (non-hydrogen) atoms. The first-order valence-corrected chi connectivity index (χ1v) is 15.9. The Balaban J connectivity index is 1.06. The van der Waals surface area contributed by atoms with E-state index in [0.29, 0.717) is 34.0 Å². The monoisotopic (exact) mass is 633 g/mol. The van der Waals surface area contributed by atoms with Gasteiger partial charge in [0, 0.05) is 34.9 Å². The molecule has 4 aromatic rings. The summed E-state index contributed by atoms with van der Waals surface area (Å²) in [7, 11) is 0. The molecule has 2 heterocycles. The Morgan fingerprint density at radius 3 is 2.58 bits per heavy atom. The molecule has 3 fully saturated rings. The normalized spacial score (nSPS) is 23.6. The Kier molecular flexibility index (Phi) is 7.37. The summed E-state index contributed by atoms with van der Waals surface area (Å²) in [6.07, 6.45) is 1.12. The highest BCUT2D eigenvalue weighted by Crippen LogP contribution is 2.51. The van der Waals surface area contributed by atoms with E-state index in [1.807, 2.05) is 0 Å². The van der Waals surface area contributed by atoms with Crippen LogP contribution in [0.4, 0.5) is 17.6 Å². The van der Waals surface area contributed by atoms with Crippen LogP contribution in [0.1, 0.15) is 66.1 Å². The van der Waals surface area contributed by atoms with Gasteiger partial charge in [-0.25, -0.2) is 14.2 Å². The fourth-order valence-electron chi connectivity index (χ4n) is 6.58. The third-order valence-corrected chi connectivity index (χ3v) is 11.3. The summed E-state index contributed by atoms with van der Waals surface area (Å²) >= 11 is 2.99. The van der Waals surface area contributed by atoms with Crippen molar-refractivity contribution in [3.63, 3.8) is 0 Å². The Morgan fingerprint density at radius 1 is 1.14 bits per heavy atom. The molecule has 0 aliphatic heterocycles. The van der Waals surface area contributed by atoms with Crippen LogP contribution in [0.5, 0.6) is 5.75 Å². The smallest absolute Gasteiger partial charge is 0.478 e. The Hall–Kier alpha value is -3.16. The van der Waals surface area contributed by atoms with E-state index in [1.54, 1.807) is 23.9 Å². The number of halogens is 4. The predicted octanol–water partition coefficient (Wildman–Crippen LogP) is 8.00. The molecule has 0 saturated heterocycles. The Labute approximate surface area is 252 Å². The summed E-state index contributed by atoms with van der Waals surface area (Å²) in [4.78, 5) is 15.8. The van der Waals surface area contributed by atoms with E-state index in [-0.39, 0.29) is 34.4 Å². The molecular formula is C30H27F4N3O4S2. The molecule has 13 heteroatoms. The minimum Gasteiger partial charge on any atom is -0.478 e. The average Bonchev–Trinajstić information content (AvgIpc) is 3.51. The molecule has 226 valence electrons. The van der Waals surface area contributed by atoms with Gasteiger partial charge in [-0.05, 0) is 74.6 Å². The predicted molar refractivity (Wildman–Crippen MR) is 153 cm³/mol. The van der Waals surface area contributed by atoms with Crippen LogP contribution in [0.15, 0.2) is 45.3 Å². The van der Waals surface area contributed by atoms with Crippen molar-refractivity contribution in [2.45, 2.75) is 73.0 Å². The van der Waals surface area contributed by atoms with E-state index in [0.717, 1.165) is 60.3 Å². The summed E-state index contributed by atoms with van der Waals surface area (Å²) < 4.78 is 65.1. The first kappa shape index (κ1) is 28.6. The van der Waals surface area contributed by atoms with E-state index >= 15 is 0 Å². The van der Waals surface area contributed by atoms with Crippen LogP contribution in [0.2, 0.25) is 0 Å². The molecule has 0 radical (unpaired) electrons. The van der Waals surface area contributed by atoms with Gasteiger partial charge < -0.3 is 19.7 Å². The van der Waals surface area contributed by atoms with E-state index in [2.05, 4.69) is 20.2 Å². The molecule has 0 spiro atoms. The van der Waals surface area contributed by atoms with Crippen LogP contribution in [-0.2, 0) is 6.54 Å². The zero-order valence-electron chi connectivity index (χ0n) is 22.7. The zero-order valence-corrected chi connectivity index (χ0v) is 24.3. The number of hydrogen-bond donors (Lipinski definition) is 2. The van der Waals surface area contributed by atoms with Crippen molar-refractivity contribution in [3.05, 3.63) is 59.1 Å². The first-order chi connectivity index (χ1) is 20.6. The Bertz CT molecular complexity index is 1670. The lowest BCUT2D eigenvalue weighted by atomic mass is 9.84. The first-order valence-electron chi connectivity index (χ1n) is 14.2. The van der Waals surface area contributed by atoms with Gasteiger partial charge in [-0.3, -0.25) is 0 Å². The number of carboxylic acids is 1. The number of aromatic carboxylic acids is 1. The average molecular weight is 634 g/mol. The molecule has 7 rings (SSSR count). The minimum atomic E-state index is -4.82. The molecule has 0 unspecified atom stereocenters. The molecule has 3 aliphatic carbocycles. The van der Waals surface area contributed by atoms with Gasteiger partial charge in [-0.1, -0.05) is 29.1 Å². The van der Waals surface area contributed by atoms with E-state index in [1.165, 1.54) is 29.5 Å². The number of hydrogen-bond acceptors (Lipinski definition) is 8. The van der Waals surface area contributed by atoms with Crippen molar-refractivity contribution in [3.8, 4) is 17.0 Å². The van der Waals surface area contributed by atoms with Crippen molar-refractivity contribution in [1.82, 2.24) is 15.5 Å². The van der Waals surface area contributed by atoms with Gasteiger partial charge in [0.05, 0.1) is 10.3 Å². The quantitative estimate of drug-likeness (QED) is 0.179. The molecule has 2 aromatic carbocycles. The minimum absolute atomic E-state index is 0.0889. The number of thioether (sulfide) groups is 1. The van der Waals surface area contributed by atoms with Crippen LogP contribution in [-0.4, -0.2) is 38.9 Å². The summed E-state index contributed by atoms with van der Waals surface area (Å²) in [5.74, 6) is -0.296. The molecule has 3 aliphatic rings. The second-order valence-corrected chi connectivity index (χ2v) is 14.0. The number of nitrogens with one attached hydrogen (secondary N) is 1. The maximum atomic E-state index is 14.5. The van der Waals surface area contributed by atoms with Crippen molar-refractivity contribution in [2.75, 3.05) is 0 Å². The lowest BCUT2D eigenvalue weighted by molar-refractivity contribution is -0.274. The zero-order chi connectivity index (χ0) is 29.9. The Morgan fingerprint density at radius 2 is 1.88 bits per heavy atom. The van der Waals surface area contributed by atoms with Crippen LogP contribution in [0.25, 0.3) is 21.5 Å². The van der Waals surface area contributed by atoms with Gasteiger partial charge in [0.25, 0.3) is 0 Å². The van der Waals surface area contributed by atoms with Crippen LogP contribution >= 0.6 is 23.1 Å². The van der Waals surface area contributed by atoms with E-state index < -0.39 is 18.1 Å². The van der Waals surface area contributed by atoms with Gasteiger partial charge in [0.15, 0.2) is 10.2 Å². The summed E-state index contributed by atoms with van der Waals surface area (Å²) in [6.45, 7) is 0.427. The number of carboxylic acid groups (broad SMARTS) is 1. The third-order valence-electron chi connectivity index (χ3n) is 8.63. The lowest BCUT2D eigenvalue weighted by Crippen LogP contribution is -2.39. The van der Waals surface area contributed by atoms with Crippen molar-refractivity contribution in [1.29, 1.82) is 0 Å². The van der Waals surface area contributed by atoms with Crippen LogP contribution < -0.4 is 10.1 Å². The number of carbonyl (C=O) groups is 1. The number of fused-ring (bicyclic) bond motifs is 3. The van der Waals surface area contributed by atoms with Gasteiger partial charge in [0.1, 0.15) is 22.7 Å². The van der Waals surface area contributed by atoms with Crippen LogP contribution in [0, 0.1) is 17.7 Å². The van der Waals surface area contributed by atoms with Gasteiger partial charge in [0.2, 0.25) is 0 Å². The number of alkyl halides is 3.